The van der Waals surface area contributed by atoms with Gasteiger partial charge in [0, 0.05) is 25.7 Å². The third kappa shape index (κ3) is 3.31. The van der Waals surface area contributed by atoms with E-state index in [0.717, 1.165) is 25.5 Å². The Balaban J connectivity index is 2.22. The number of rotatable bonds is 5. The summed E-state index contributed by atoms with van der Waals surface area (Å²) in [7, 11) is -0.336. The number of hydrogen-bond donors (Lipinski definition) is 1. The third-order valence-electron chi connectivity index (χ3n) is 3.69. The molecule has 1 aromatic rings. The van der Waals surface area contributed by atoms with Gasteiger partial charge in [-0.3, -0.25) is 0 Å². The quantitative estimate of drug-likeness (QED) is 0.831. The van der Waals surface area contributed by atoms with Crippen LogP contribution in [0, 0.1) is 0 Å². The van der Waals surface area contributed by atoms with Gasteiger partial charge in [-0.2, -0.15) is 4.31 Å². The van der Waals surface area contributed by atoms with Gasteiger partial charge >= 0.3 is 5.97 Å². The zero-order valence-electron chi connectivity index (χ0n) is 11.7. The minimum absolute atomic E-state index is 0.0912. The lowest BCUT2D eigenvalue weighted by Crippen LogP contribution is -2.39. The molecular formula is C12H17BrN2O5S. The lowest BCUT2D eigenvalue weighted by Gasteiger charge is -2.25. The fraction of sp³-hybridized carbons (Fsp3) is 0.583. The highest BCUT2D eigenvalue weighted by molar-refractivity contribution is 9.10. The molecule has 0 saturated carbocycles. The van der Waals surface area contributed by atoms with E-state index < -0.39 is 21.8 Å². The largest absolute Gasteiger partial charge is 0.475 e. The van der Waals surface area contributed by atoms with E-state index in [1.165, 1.54) is 11.4 Å². The predicted octanol–water partition coefficient (Wildman–Crippen LogP) is 1.46. The minimum atomic E-state index is -3.79. The van der Waals surface area contributed by atoms with Crippen molar-refractivity contribution in [1.82, 2.24) is 9.21 Å². The molecule has 2 rings (SSSR count). The third-order valence-corrected chi connectivity index (χ3v) is 6.37. The van der Waals surface area contributed by atoms with Gasteiger partial charge in [0.25, 0.3) is 0 Å². The van der Waals surface area contributed by atoms with E-state index in [4.69, 9.17) is 9.52 Å². The molecule has 21 heavy (non-hydrogen) atoms. The van der Waals surface area contributed by atoms with Crippen LogP contribution in [-0.4, -0.2) is 61.9 Å². The first kappa shape index (κ1) is 16.5. The van der Waals surface area contributed by atoms with Gasteiger partial charge in [-0.05, 0) is 42.4 Å². The lowest BCUT2D eigenvalue weighted by atomic mass is 10.2. The zero-order valence-corrected chi connectivity index (χ0v) is 14.1. The molecule has 118 valence electrons. The van der Waals surface area contributed by atoms with Gasteiger partial charge in [-0.15, -0.1) is 0 Å². The van der Waals surface area contributed by atoms with E-state index in [-0.39, 0.29) is 15.6 Å². The van der Waals surface area contributed by atoms with Crippen molar-refractivity contribution in [1.29, 1.82) is 0 Å². The van der Waals surface area contributed by atoms with Crippen molar-refractivity contribution >= 4 is 31.9 Å². The number of likely N-dealkylation sites (tertiary alicyclic amines) is 1. The summed E-state index contributed by atoms with van der Waals surface area (Å²) in [5.74, 6) is -1.72. The van der Waals surface area contributed by atoms with E-state index in [1.54, 1.807) is 0 Å². The van der Waals surface area contributed by atoms with Crippen molar-refractivity contribution in [3.8, 4) is 0 Å². The molecule has 0 amide bonds. The molecular weight excluding hydrogens is 364 g/mol. The van der Waals surface area contributed by atoms with Gasteiger partial charge in [0.15, 0.2) is 4.67 Å². The van der Waals surface area contributed by atoms with Crippen molar-refractivity contribution < 1.29 is 22.7 Å². The molecule has 1 aliphatic rings. The number of carbonyl (C=O) groups is 1. The van der Waals surface area contributed by atoms with Gasteiger partial charge in [-0.1, -0.05) is 0 Å². The maximum atomic E-state index is 12.5. The first-order chi connectivity index (χ1) is 9.73. The van der Waals surface area contributed by atoms with Crippen LogP contribution in [0.15, 0.2) is 20.0 Å². The Hall–Kier alpha value is -0.900. The highest BCUT2D eigenvalue weighted by Gasteiger charge is 2.32. The average Bonchev–Trinajstić information content (AvgIpc) is 2.96. The fourth-order valence-electron chi connectivity index (χ4n) is 2.41. The summed E-state index contributed by atoms with van der Waals surface area (Å²) in [6.45, 7) is 1.32. The molecule has 0 aromatic carbocycles. The normalized spacial score (nSPS) is 20.3. The van der Waals surface area contributed by atoms with E-state index in [9.17, 15) is 13.2 Å². The highest BCUT2D eigenvalue weighted by Crippen LogP contribution is 2.29. The van der Waals surface area contributed by atoms with Crippen molar-refractivity contribution in [2.24, 2.45) is 0 Å². The Kier molecular flexibility index (Phi) is 4.76. The molecule has 1 unspecified atom stereocenters. The van der Waals surface area contributed by atoms with Crippen LogP contribution in [0.3, 0.4) is 0 Å². The maximum Gasteiger partial charge on any atom is 0.371 e. The number of likely N-dealkylation sites (N-methyl/N-ethyl adjacent to an activating group) is 2. The number of halogens is 1. The summed E-state index contributed by atoms with van der Waals surface area (Å²) >= 11 is 2.97. The smallest absolute Gasteiger partial charge is 0.371 e. The second-order valence-electron chi connectivity index (χ2n) is 5.12. The van der Waals surface area contributed by atoms with Crippen molar-refractivity contribution in [2.75, 3.05) is 27.2 Å². The number of sulfonamides is 1. The summed E-state index contributed by atoms with van der Waals surface area (Å²) in [4.78, 5) is 12.8. The molecule has 1 saturated heterocycles. The average molecular weight is 381 g/mol. The van der Waals surface area contributed by atoms with Gasteiger partial charge in [0.1, 0.15) is 4.90 Å². The maximum absolute atomic E-state index is 12.5. The molecule has 1 aliphatic heterocycles. The molecule has 0 bridgehead atoms. The van der Waals surface area contributed by atoms with Crippen LogP contribution in [0.1, 0.15) is 23.4 Å². The Bertz CT molecular complexity index is 642. The molecule has 0 aliphatic carbocycles. The topological polar surface area (TPSA) is 91.1 Å². The van der Waals surface area contributed by atoms with E-state index >= 15 is 0 Å². The Morgan fingerprint density at radius 2 is 2.29 bits per heavy atom. The van der Waals surface area contributed by atoms with Crippen molar-refractivity contribution in [2.45, 2.75) is 23.8 Å². The Labute approximate surface area is 131 Å². The summed E-state index contributed by atoms with van der Waals surface area (Å²) in [5, 5.41) is 8.86. The first-order valence-corrected chi connectivity index (χ1v) is 8.66. The number of carboxylic acid groups (broad SMARTS) is 1. The standard InChI is InChI=1S/C12H17BrN2O5S/c1-14-5-3-4-8(14)7-15(2)21(18,19)10-6-9(12(16)17)20-11(10)13/h6,8H,3-5,7H2,1-2H3,(H,16,17). The van der Waals surface area contributed by atoms with Crippen LogP contribution < -0.4 is 0 Å². The molecule has 9 heteroatoms. The monoisotopic (exact) mass is 380 g/mol. The number of hydrogen-bond acceptors (Lipinski definition) is 5. The Morgan fingerprint density at radius 1 is 1.62 bits per heavy atom. The second kappa shape index (κ2) is 6.07. The van der Waals surface area contributed by atoms with E-state index in [2.05, 4.69) is 20.8 Å². The molecule has 0 radical (unpaired) electrons. The number of furan rings is 1. The molecule has 0 spiro atoms. The van der Waals surface area contributed by atoms with Crippen LogP contribution in [0.4, 0.5) is 0 Å². The van der Waals surface area contributed by atoms with Crippen LogP contribution >= 0.6 is 15.9 Å². The van der Waals surface area contributed by atoms with E-state index in [0.29, 0.717) is 6.54 Å². The first-order valence-electron chi connectivity index (χ1n) is 6.42. The number of aromatic carboxylic acids is 1. The van der Waals surface area contributed by atoms with Gasteiger partial charge < -0.3 is 14.4 Å². The van der Waals surface area contributed by atoms with E-state index in [1.807, 2.05) is 7.05 Å². The van der Waals surface area contributed by atoms with Crippen LogP contribution in [-0.2, 0) is 10.0 Å². The summed E-state index contributed by atoms with van der Waals surface area (Å²) in [6, 6.07) is 1.20. The fourth-order valence-corrected chi connectivity index (χ4v) is 4.51. The second-order valence-corrected chi connectivity index (χ2v) is 7.85. The van der Waals surface area contributed by atoms with Gasteiger partial charge in [-0.25, -0.2) is 13.2 Å². The molecule has 1 N–H and O–H groups in total. The minimum Gasteiger partial charge on any atom is -0.475 e. The van der Waals surface area contributed by atoms with Crippen molar-refractivity contribution in [3.05, 3.63) is 16.5 Å². The van der Waals surface area contributed by atoms with Crippen molar-refractivity contribution in [3.63, 3.8) is 0 Å². The predicted molar refractivity (Wildman–Crippen MR) is 78.8 cm³/mol. The molecule has 2 heterocycles. The number of nitrogens with zero attached hydrogens (tertiary/aromatic N) is 2. The van der Waals surface area contributed by atoms with Gasteiger partial charge in [0.2, 0.25) is 15.8 Å². The SMILES string of the molecule is CN1CCCC1CN(C)S(=O)(=O)c1cc(C(=O)O)oc1Br. The summed E-state index contributed by atoms with van der Waals surface area (Å²) < 4.78 is 31.1. The highest BCUT2D eigenvalue weighted by atomic mass is 79.9. The van der Waals surface area contributed by atoms with Crippen LogP contribution in [0.5, 0.6) is 0 Å². The number of carboxylic acids is 1. The zero-order chi connectivity index (χ0) is 15.8. The van der Waals surface area contributed by atoms with Crippen LogP contribution in [0.2, 0.25) is 0 Å². The summed E-state index contributed by atoms with van der Waals surface area (Å²) in [5.41, 5.74) is 0. The van der Waals surface area contributed by atoms with Crippen LogP contribution in [0.25, 0.3) is 0 Å². The molecule has 1 fully saturated rings. The van der Waals surface area contributed by atoms with Gasteiger partial charge in [0.05, 0.1) is 0 Å². The molecule has 7 nitrogen and oxygen atoms in total. The Morgan fingerprint density at radius 3 is 2.76 bits per heavy atom. The molecule has 1 atom stereocenters. The summed E-state index contributed by atoms with van der Waals surface area (Å²) in [6.07, 6.45) is 2.00. The lowest BCUT2D eigenvalue weighted by molar-refractivity contribution is 0.0661. The molecule has 1 aromatic heterocycles.